The normalized spacial score (nSPS) is 15.2. The maximum absolute atomic E-state index is 13.1. The number of urea groups is 1. The number of nitrogens with one attached hydrogen (secondary N) is 1. The van der Waals surface area contributed by atoms with E-state index in [1.165, 1.54) is 17.0 Å². The summed E-state index contributed by atoms with van der Waals surface area (Å²) in [5, 5.41) is 6.78. The highest BCUT2D eigenvalue weighted by Gasteiger charge is 2.31. The molecule has 1 heterocycles. The molecule has 4 rings (SSSR count). The number of methoxy groups -OCH3 is 1. The first-order valence-corrected chi connectivity index (χ1v) is 11.0. The molecule has 1 N–H and O–H groups in total. The van der Waals surface area contributed by atoms with E-state index in [4.69, 9.17) is 9.57 Å². The number of amides is 2. The Hall–Kier alpha value is -4.01. The molecule has 1 aliphatic rings. The van der Waals surface area contributed by atoms with Gasteiger partial charge in [0, 0.05) is 24.2 Å². The van der Waals surface area contributed by atoms with Crippen molar-refractivity contribution in [2.45, 2.75) is 25.2 Å². The van der Waals surface area contributed by atoms with Crippen LogP contribution in [0.25, 0.3) is 0 Å². The van der Waals surface area contributed by atoms with E-state index in [9.17, 15) is 18.0 Å². The number of para-hydroxylation sites is 1. The van der Waals surface area contributed by atoms with Gasteiger partial charge in [0.05, 0.1) is 24.9 Å². The molecule has 6 nitrogen and oxygen atoms in total. The van der Waals surface area contributed by atoms with Crippen molar-refractivity contribution >= 4 is 17.4 Å². The van der Waals surface area contributed by atoms with Crippen LogP contribution in [0, 0.1) is 0 Å². The number of carbonyl (C=O) groups excluding carboxylic acids is 1. The number of anilines is 1. The van der Waals surface area contributed by atoms with Crippen LogP contribution in [-0.2, 0) is 17.6 Å². The number of nitrogens with zero attached hydrogens (tertiary/aromatic N) is 2. The molecule has 2 amide bonds. The first-order chi connectivity index (χ1) is 16.8. The zero-order valence-corrected chi connectivity index (χ0v) is 19.0. The van der Waals surface area contributed by atoms with E-state index >= 15 is 0 Å². The van der Waals surface area contributed by atoms with Crippen molar-refractivity contribution < 1.29 is 27.5 Å². The van der Waals surface area contributed by atoms with E-state index in [2.05, 4.69) is 10.5 Å². The number of carbonyl (C=O) groups is 1. The van der Waals surface area contributed by atoms with E-state index in [1.54, 1.807) is 7.11 Å². The molecule has 35 heavy (non-hydrogen) atoms. The second-order valence-electron chi connectivity index (χ2n) is 8.04. The molecule has 1 atom stereocenters. The predicted molar refractivity (Wildman–Crippen MR) is 126 cm³/mol. The van der Waals surface area contributed by atoms with Crippen molar-refractivity contribution in [3.8, 4) is 5.75 Å². The van der Waals surface area contributed by atoms with E-state index in [1.807, 2.05) is 54.6 Å². The lowest BCUT2D eigenvalue weighted by molar-refractivity contribution is -0.137. The number of rotatable bonds is 7. The van der Waals surface area contributed by atoms with Gasteiger partial charge in [-0.05, 0) is 35.9 Å². The second kappa shape index (κ2) is 10.5. The Morgan fingerprint density at radius 3 is 2.57 bits per heavy atom. The minimum Gasteiger partial charge on any atom is -0.496 e. The summed E-state index contributed by atoms with van der Waals surface area (Å²) in [6.07, 6.45) is -4.48. The zero-order chi connectivity index (χ0) is 24.8. The van der Waals surface area contributed by atoms with Crippen molar-refractivity contribution in [2.24, 2.45) is 5.16 Å². The number of benzene rings is 3. The molecule has 1 unspecified atom stereocenters. The maximum Gasteiger partial charge on any atom is 0.416 e. The van der Waals surface area contributed by atoms with Gasteiger partial charge >= 0.3 is 12.2 Å². The Labute approximate surface area is 201 Å². The third-order valence-corrected chi connectivity index (χ3v) is 5.52. The molecule has 0 spiro atoms. The monoisotopic (exact) mass is 483 g/mol. The van der Waals surface area contributed by atoms with Gasteiger partial charge in [0.2, 0.25) is 0 Å². The number of hydrogen-bond donors (Lipinski definition) is 1. The van der Waals surface area contributed by atoms with Gasteiger partial charge in [0.25, 0.3) is 0 Å². The fourth-order valence-electron chi connectivity index (χ4n) is 3.81. The standard InChI is InChI=1S/C26H24F3N3O3/c1-34-24-13-6-5-12-22(24)23-15-21(35-31-23)17-32(16-18-8-3-2-4-9-18)25(33)30-20-11-7-10-19(14-20)26(27,28)29/h2-14,21H,15-17H2,1H3,(H,30,33). The van der Waals surface area contributed by atoms with Gasteiger partial charge in [-0.15, -0.1) is 0 Å². The van der Waals surface area contributed by atoms with Crippen LogP contribution in [0.1, 0.15) is 23.1 Å². The molecule has 3 aromatic carbocycles. The Bertz CT molecular complexity index is 1200. The molecule has 0 aromatic heterocycles. The molecule has 0 aliphatic carbocycles. The lowest BCUT2D eigenvalue weighted by atomic mass is 10.0. The predicted octanol–water partition coefficient (Wildman–Crippen LogP) is 5.94. The van der Waals surface area contributed by atoms with Crippen LogP contribution in [0.4, 0.5) is 23.7 Å². The summed E-state index contributed by atoms with van der Waals surface area (Å²) in [6, 6.07) is 20.8. The largest absolute Gasteiger partial charge is 0.496 e. The number of oxime groups is 1. The van der Waals surface area contributed by atoms with Crippen LogP contribution in [0.15, 0.2) is 84.0 Å². The molecule has 1 aliphatic heterocycles. The highest BCUT2D eigenvalue weighted by Crippen LogP contribution is 2.31. The molecule has 0 saturated heterocycles. The summed E-state index contributed by atoms with van der Waals surface area (Å²) in [7, 11) is 1.58. The lowest BCUT2D eigenvalue weighted by Gasteiger charge is -2.25. The topological polar surface area (TPSA) is 63.2 Å². The summed E-state index contributed by atoms with van der Waals surface area (Å²) in [6.45, 7) is 0.428. The first-order valence-electron chi connectivity index (χ1n) is 11.0. The number of halogens is 3. The van der Waals surface area contributed by atoms with Gasteiger partial charge in [-0.3, -0.25) is 0 Å². The van der Waals surface area contributed by atoms with Gasteiger partial charge in [-0.25, -0.2) is 4.79 Å². The fraction of sp³-hybridized carbons (Fsp3) is 0.231. The molecule has 3 aromatic rings. The van der Waals surface area contributed by atoms with Crippen molar-refractivity contribution in [2.75, 3.05) is 19.0 Å². The smallest absolute Gasteiger partial charge is 0.416 e. The van der Waals surface area contributed by atoms with Gasteiger partial charge in [0.1, 0.15) is 5.75 Å². The minimum atomic E-state index is -4.51. The molecular weight excluding hydrogens is 459 g/mol. The van der Waals surface area contributed by atoms with Crippen molar-refractivity contribution in [3.05, 3.63) is 95.6 Å². The number of alkyl halides is 3. The summed E-state index contributed by atoms with van der Waals surface area (Å²) in [5.74, 6) is 0.666. The molecular formula is C26H24F3N3O3. The average Bonchev–Trinajstić information content (AvgIpc) is 3.32. The average molecular weight is 483 g/mol. The lowest BCUT2D eigenvalue weighted by Crippen LogP contribution is -2.40. The third kappa shape index (κ3) is 6.11. The summed E-state index contributed by atoms with van der Waals surface area (Å²) in [4.78, 5) is 20.3. The van der Waals surface area contributed by atoms with Gasteiger partial charge in [-0.2, -0.15) is 13.2 Å². The van der Waals surface area contributed by atoms with E-state index in [-0.39, 0.29) is 18.8 Å². The quantitative estimate of drug-likeness (QED) is 0.452. The van der Waals surface area contributed by atoms with E-state index in [0.717, 1.165) is 23.3 Å². The Balaban J connectivity index is 1.49. The number of ether oxygens (including phenoxy) is 1. The minimum absolute atomic E-state index is 0.0567. The van der Waals surface area contributed by atoms with Crippen LogP contribution >= 0.6 is 0 Å². The molecule has 0 bridgehead atoms. The van der Waals surface area contributed by atoms with Gasteiger partial charge in [0.15, 0.2) is 6.10 Å². The Morgan fingerprint density at radius 2 is 1.83 bits per heavy atom. The zero-order valence-electron chi connectivity index (χ0n) is 19.0. The summed E-state index contributed by atoms with van der Waals surface area (Å²) in [5.41, 5.74) is 1.60. The molecule has 182 valence electrons. The fourth-order valence-corrected chi connectivity index (χ4v) is 3.81. The SMILES string of the molecule is COc1ccccc1C1=NOC(CN(Cc2ccccc2)C(=O)Nc2cccc(C(F)(F)F)c2)C1. The molecule has 0 radical (unpaired) electrons. The van der Waals surface area contributed by atoms with Crippen molar-refractivity contribution in [3.63, 3.8) is 0 Å². The highest BCUT2D eigenvalue weighted by atomic mass is 19.4. The first kappa shape index (κ1) is 24.1. The van der Waals surface area contributed by atoms with Crippen molar-refractivity contribution in [1.29, 1.82) is 0 Å². The Kier molecular flexibility index (Phi) is 7.24. The third-order valence-electron chi connectivity index (χ3n) is 5.52. The number of hydrogen-bond acceptors (Lipinski definition) is 4. The van der Waals surface area contributed by atoms with E-state index < -0.39 is 23.9 Å². The van der Waals surface area contributed by atoms with Crippen LogP contribution < -0.4 is 10.1 Å². The van der Waals surface area contributed by atoms with Crippen molar-refractivity contribution in [1.82, 2.24) is 4.90 Å². The van der Waals surface area contributed by atoms with Crippen LogP contribution in [-0.4, -0.2) is 36.4 Å². The summed E-state index contributed by atoms with van der Waals surface area (Å²) >= 11 is 0. The highest BCUT2D eigenvalue weighted by molar-refractivity contribution is 6.03. The maximum atomic E-state index is 13.1. The molecule has 0 fully saturated rings. The van der Waals surface area contributed by atoms with Crippen LogP contribution in [0.5, 0.6) is 5.75 Å². The van der Waals surface area contributed by atoms with Gasteiger partial charge in [-0.1, -0.05) is 53.7 Å². The van der Waals surface area contributed by atoms with Gasteiger partial charge < -0.3 is 19.8 Å². The van der Waals surface area contributed by atoms with E-state index in [0.29, 0.717) is 17.9 Å². The summed E-state index contributed by atoms with van der Waals surface area (Å²) < 4.78 is 44.7. The Morgan fingerprint density at radius 1 is 1.09 bits per heavy atom. The second-order valence-corrected chi connectivity index (χ2v) is 8.04. The van der Waals surface area contributed by atoms with Crippen LogP contribution in [0.2, 0.25) is 0 Å². The molecule has 9 heteroatoms. The molecule has 0 saturated carbocycles. The van der Waals surface area contributed by atoms with Crippen LogP contribution in [0.3, 0.4) is 0 Å².